The van der Waals surface area contributed by atoms with Crippen LogP contribution in [0.4, 0.5) is 0 Å². The van der Waals surface area contributed by atoms with Crippen LogP contribution in [0, 0.1) is 0 Å². The quantitative estimate of drug-likeness (QED) is 0.398. The fourth-order valence-corrected chi connectivity index (χ4v) is 0.577. The normalized spacial score (nSPS) is 9.33. The van der Waals surface area contributed by atoms with Crippen molar-refractivity contribution in [2.75, 3.05) is 0 Å². The Morgan fingerprint density at radius 3 is 2.11 bits per heavy atom. The maximum atomic E-state index is 8.33. The monoisotopic (exact) mass is 135 g/mol. The minimum atomic E-state index is -1.10. The maximum Gasteiger partial charge on any atom is 0.151 e. The lowest BCUT2D eigenvalue weighted by atomic mass is 10.2. The second kappa shape index (κ2) is 7.88. The van der Waals surface area contributed by atoms with Crippen LogP contribution >= 0.6 is 0 Å². The van der Waals surface area contributed by atoms with Gasteiger partial charge in [0.05, 0.1) is 0 Å². The first-order valence-corrected chi connectivity index (χ1v) is 3.13. The van der Waals surface area contributed by atoms with E-state index in [0.29, 0.717) is 6.42 Å². The van der Waals surface area contributed by atoms with Gasteiger partial charge < -0.3 is 16.4 Å². The third-order valence-electron chi connectivity index (χ3n) is 1.07. The number of hydrogen-bond donors (Lipinski definition) is 3. The highest BCUT2D eigenvalue weighted by atomic mass is 16.5. The first-order chi connectivity index (χ1) is 3.77. The topological polar surface area (TPSA) is 75.5 Å². The molecule has 0 bridgehead atoms. The van der Waals surface area contributed by atoms with Crippen LogP contribution in [0.3, 0.4) is 0 Å². The summed E-state index contributed by atoms with van der Waals surface area (Å²) in [4.78, 5) is 0. The van der Waals surface area contributed by atoms with E-state index < -0.39 is 6.29 Å². The van der Waals surface area contributed by atoms with Gasteiger partial charge in [-0.05, 0) is 12.8 Å². The molecule has 9 heavy (non-hydrogen) atoms. The smallest absolute Gasteiger partial charge is 0.151 e. The lowest BCUT2D eigenvalue weighted by Crippen LogP contribution is -2.02. The number of aliphatic hydroxyl groups is 2. The lowest BCUT2D eigenvalue weighted by Gasteiger charge is -1.99. The molecule has 0 saturated carbocycles. The zero-order chi connectivity index (χ0) is 6.41. The third-order valence-corrected chi connectivity index (χ3v) is 1.07. The summed E-state index contributed by atoms with van der Waals surface area (Å²) in [6, 6.07) is 0. The number of rotatable bonds is 4. The predicted molar refractivity (Wildman–Crippen MR) is 37.4 cm³/mol. The summed E-state index contributed by atoms with van der Waals surface area (Å²) < 4.78 is 0. The van der Waals surface area contributed by atoms with Crippen molar-refractivity contribution in [3.63, 3.8) is 0 Å². The summed E-state index contributed by atoms with van der Waals surface area (Å²) in [6.07, 6.45) is 2.58. The fraction of sp³-hybridized carbons (Fsp3) is 1.00. The van der Waals surface area contributed by atoms with E-state index in [1.807, 2.05) is 0 Å². The summed E-state index contributed by atoms with van der Waals surface area (Å²) in [7, 11) is 0. The van der Waals surface area contributed by atoms with Crippen LogP contribution in [0.25, 0.3) is 0 Å². The summed E-state index contributed by atoms with van der Waals surface area (Å²) in [5.41, 5.74) is 0. The van der Waals surface area contributed by atoms with E-state index in [9.17, 15) is 0 Å². The van der Waals surface area contributed by atoms with Crippen molar-refractivity contribution in [3.8, 4) is 0 Å². The average molecular weight is 135 g/mol. The van der Waals surface area contributed by atoms with Crippen LogP contribution in [0.15, 0.2) is 0 Å². The van der Waals surface area contributed by atoms with Crippen LogP contribution in [0.1, 0.15) is 32.6 Å². The van der Waals surface area contributed by atoms with Gasteiger partial charge in [0.2, 0.25) is 0 Å². The molecule has 0 rings (SSSR count). The molecule has 0 radical (unpaired) electrons. The van der Waals surface area contributed by atoms with Crippen LogP contribution < -0.4 is 6.15 Å². The molecule has 5 N–H and O–H groups in total. The highest BCUT2D eigenvalue weighted by molar-refractivity contribution is 4.40. The molecule has 0 aromatic carbocycles. The Kier molecular flexibility index (Phi) is 10.2. The number of unbranched alkanes of at least 4 members (excludes halogenated alkanes) is 2. The predicted octanol–water partition coefficient (Wildman–Crippen LogP) is 1.04. The van der Waals surface area contributed by atoms with Gasteiger partial charge in [0.1, 0.15) is 0 Å². The number of hydrogen-bond acceptors (Lipinski definition) is 3. The maximum absolute atomic E-state index is 8.33. The molecule has 3 nitrogen and oxygen atoms in total. The first kappa shape index (κ1) is 11.6. The van der Waals surface area contributed by atoms with E-state index in [-0.39, 0.29) is 6.15 Å². The van der Waals surface area contributed by atoms with Crippen molar-refractivity contribution in [1.29, 1.82) is 0 Å². The Hall–Kier alpha value is -0.120. The van der Waals surface area contributed by atoms with E-state index in [2.05, 4.69) is 6.92 Å². The SMILES string of the molecule is CCCCCC(O)O.N. The third kappa shape index (κ3) is 11.4. The Morgan fingerprint density at radius 1 is 1.22 bits per heavy atom. The van der Waals surface area contributed by atoms with E-state index in [1.165, 1.54) is 0 Å². The summed E-state index contributed by atoms with van der Waals surface area (Å²) in [6.45, 7) is 2.09. The highest BCUT2D eigenvalue weighted by Crippen LogP contribution is 1.99. The summed E-state index contributed by atoms with van der Waals surface area (Å²) >= 11 is 0. The molecule has 3 heteroatoms. The molecule has 0 unspecified atom stereocenters. The highest BCUT2D eigenvalue weighted by Gasteiger charge is 1.93. The van der Waals surface area contributed by atoms with Crippen molar-refractivity contribution in [1.82, 2.24) is 6.15 Å². The Labute approximate surface area is 56.3 Å². The van der Waals surface area contributed by atoms with Gasteiger partial charge in [-0.15, -0.1) is 0 Å². The van der Waals surface area contributed by atoms with Crippen molar-refractivity contribution < 1.29 is 10.2 Å². The molecule has 0 aliphatic rings. The van der Waals surface area contributed by atoms with Gasteiger partial charge in [-0.25, -0.2) is 0 Å². The van der Waals surface area contributed by atoms with E-state index in [0.717, 1.165) is 19.3 Å². The van der Waals surface area contributed by atoms with Gasteiger partial charge in [0, 0.05) is 0 Å². The Bertz CT molecular complexity index is 48.3. The molecule has 0 aliphatic carbocycles. The minimum Gasteiger partial charge on any atom is -0.368 e. The average Bonchev–Trinajstić information content (AvgIpc) is 1.66. The van der Waals surface area contributed by atoms with Gasteiger partial charge >= 0.3 is 0 Å². The second-order valence-corrected chi connectivity index (χ2v) is 1.98. The Balaban J connectivity index is 0. The van der Waals surface area contributed by atoms with Crippen LogP contribution in [0.5, 0.6) is 0 Å². The molecule has 0 amide bonds. The van der Waals surface area contributed by atoms with Crippen molar-refractivity contribution in [2.45, 2.75) is 38.9 Å². The van der Waals surface area contributed by atoms with E-state index >= 15 is 0 Å². The molecule has 0 aromatic heterocycles. The zero-order valence-electron chi connectivity index (χ0n) is 6.01. The van der Waals surface area contributed by atoms with Crippen LogP contribution in [-0.2, 0) is 0 Å². The van der Waals surface area contributed by atoms with Gasteiger partial charge in [-0.3, -0.25) is 0 Å². The molecule has 0 saturated heterocycles. The molecular weight excluding hydrogens is 118 g/mol. The van der Waals surface area contributed by atoms with Crippen molar-refractivity contribution in [3.05, 3.63) is 0 Å². The van der Waals surface area contributed by atoms with Crippen LogP contribution in [0.2, 0.25) is 0 Å². The van der Waals surface area contributed by atoms with Crippen molar-refractivity contribution >= 4 is 0 Å². The molecule has 0 aliphatic heterocycles. The van der Waals surface area contributed by atoms with E-state index in [1.54, 1.807) is 0 Å². The standard InChI is InChI=1S/C6H14O2.H3N/c1-2-3-4-5-6(7)8;/h6-8H,2-5H2,1H3;1H3. The Morgan fingerprint density at radius 2 is 1.78 bits per heavy atom. The largest absolute Gasteiger partial charge is 0.368 e. The number of aliphatic hydroxyl groups excluding tert-OH is 1. The molecule has 0 fully saturated rings. The summed E-state index contributed by atoms with van der Waals surface area (Å²) in [5.74, 6) is 0. The minimum absolute atomic E-state index is 0. The molecular formula is C6H17NO2. The second-order valence-electron chi connectivity index (χ2n) is 1.98. The van der Waals surface area contributed by atoms with Gasteiger partial charge in [-0.2, -0.15) is 0 Å². The van der Waals surface area contributed by atoms with E-state index in [4.69, 9.17) is 10.2 Å². The van der Waals surface area contributed by atoms with Crippen LogP contribution in [-0.4, -0.2) is 16.5 Å². The summed E-state index contributed by atoms with van der Waals surface area (Å²) in [5, 5.41) is 16.7. The lowest BCUT2D eigenvalue weighted by molar-refractivity contribution is -0.0465. The van der Waals surface area contributed by atoms with Gasteiger partial charge in [0.15, 0.2) is 6.29 Å². The first-order valence-electron chi connectivity index (χ1n) is 3.13. The van der Waals surface area contributed by atoms with Crippen molar-refractivity contribution in [2.24, 2.45) is 0 Å². The zero-order valence-corrected chi connectivity index (χ0v) is 6.01. The molecule has 0 aromatic rings. The molecule has 58 valence electrons. The van der Waals surface area contributed by atoms with Gasteiger partial charge in [-0.1, -0.05) is 19.8 Å². The molecule has 0 heterocycles. The van der Waals surface area contributed by atoms with Gasteiger partial charge in [0.25, 0.3) is 0 Å². The molecule has 0 atom stereocenters. The fourth-order valence-electron chi connectivity index (χ4n) is 0.577. The molecule has 0 spiro atoms.